The summed E-state index contributed by atoms with van der Waals surface area (Å²) in [5, 5.41) is 18.7. The number of nitrogens with one attached hydrogen (secondary N) is 1. The number of hydrogen-bond acceptors (Lipinski definition) is 4. The lowest BCUT2D eigenvalue weighted by Gasteiger charge is -2.04. The van der Waals surface area contributed by atoms with Crippen LogP contribution in [0.3, 0.4) is 0 Å². The fourth-order valence-corrected chi connectivity index (χ4v) is 1.47. The number of aryl methyl sites for hydroxylation is 1. The van der Waals surface area contributed by atoms with E-state index in [1.165, 1.54) is 0 Å². The van der Waals surface area contributed by atoms with E-state index in [1.807, 2.05) is 0 Å². The highest BCUT2D eigenvalue weighted by Crippen LogP contribution is 1.99. The first kappa shape index (κ1) is 14.1. The van der Waals surface area contributed by atoms with Gasteiger partial charge in [0.15, 0.2) is 0 Å². The van der Waals surface area contributed by atoms with Crippen molar-refractivity contribution < 1.29 is 14.7 Å². The molecule has 1 aromatic heterocycles. The lowest BCUT2D eigenvalue weighted by Crippen LogP contribution is -2.25. The van der Waals surface area contributed by atoms with Crippen molar-refractivity contribution in [1.29, 1.82) is 0 Å². The number of aromatic nitrogens is 3. The van der Waals surface area contributed by atoms with Gasteiger partial charge in [0.05, 0.1) is 6.20 Å². The van der Waals surface area contributed by atoms with E-state index in [0.29, 0.717) is 25.8 Å². The molecule has 0 spiro atoms. The van der Waals surface area contributed by atoms with Gasteiger partial charge < -0.3 is 10.4 Å². The minimum absolute atomic E-state index is 0.0287. The van der Waals surface area contributed by atoms with Gasteiger partial charge in [0.2, 0.25) is 5.91 Å². The second kappa shape index (κ2) is 8.21. The molecule has 1 amide bonds. The zero-order valence-electron chi connectivity index (χ0n) is 10.2. The fraction of sp³-hybridized carbons (Fsp3) is 0.636. The third kappa shape index (κ3) is 6.62. The molecule has 0 saturated carbocycles. The standard InChI is InChI=1S/C11H18N4O3/c16-10(4-1-2-5-11(17)18)12-6-3-8-15-9-7-13-14-15/h7,9H,1-6,8H2,(H,12,16)(H,17,18). The Hall–Kier alpha value is -1.92. The van der Waals surface area contributed by atoms with Crippen molar-refractivity contribution in [3.63, 3.8) is 0 Å². The molecule has 0 aliphatic rings. The molecule has 0 atom stereocenters. The molecule has 0 aliphatic heterocycles. The van der Waals surface area contributed by atoms with Gasteiger partial charge in [-0.1, -0.05) is 5.21 Å². The lowest BCUT2D eigenvalue weighted by molar-refractivity contribution is -0.137. The number of amides is 1. The van der Waals surface area contributed by atoms with E-state index in [4.69, 9.17) is 5.11 Å². The lowest BCUT2D eigenvalue weighted by atomic mass is 10.2. The van der Waals surface area contributed by atoms with Gasteiger partial charge in [-0.3, -0.25) is 14.3 Å². The van der Waals surface area contributed by atoms with Crippen LogP contribution in [-0.2, 0) is 16.1 Å². The molecule has 1 rings (SSSR count). The van der Waals surface area contributed by atoms with Crippen LogP contribution in [0.15, 0.2) is 12.4 Å². The molecule has 0 aromatic carbocycles. The van der Waals surface area contributed by atoms with Gasteiger partial charge in [-0.2, -0.15) is 0 Å². The Labute approximate surface area is 105 Å². The Balaban J connectivity index is 1.95. The number of hydrogen-bond donors (Lipinski definition) is 2. The number of aliphatic carboxylic acids is 1. The van der Waals surface area contributed by atoms with Gasteiger partial charge in [-0.25, -0.2) is 0 Å². The first-order chi connectivity index (χ1) is 8.68. The Morgan fingerprint density at radius 3 is 2.67 bits per heavy atom. The first-order valence-electron chi connectivity index (χ1n) is 6.01. The molecule has 2 N–H and O–H groups in total. The smallest absolute Gasteiger partial charge is 0.303 e. The van der Waals surface area contributed by atoms with Crippen molar-refractivity contribution in [1.82, 2.24) is 20.3 Å². The number of unbranched alkanes of at least 4 members (excludes halogenated alkanes) is 1. The highest BCUT2D eigenvalue weighted by Gasteiger charge is 2.02. The summed E-state index contributed by atoms with van der Waals surface area (Å²) >= 11 is 0. The quantitative estimate of drug-likeness (QED) is 0.623. The van der Waals surface area contributed by atoms with E-state index < -0.39 is 5.97 Å². The van der Waals surface area contributed by atoms with E-state index >= 15 is 0 Å². The van der Waals surface area contributed by atoms with Crippen LogP contribution in [0.1, 0.15) is 32.1 Å². The average Bonchev–Trinajstić information content (AvgIpc) is 2.83. The van der Waals surface area contributed by atoms with Crippen molar-refractivity contribution in [3.05, 3.63) is 12.4 Å². The molecule has 0 radical (unpaired) electrons. The number of carboxylic acids is 1. The van der Waals surface area contributed by atoms with Crippen molar-refractivity contribution >= 4 is 11.9 Å². The summed E-state index contributed by atoms with van der Waals surface area (Å²) in [6, 6.07) is 0. The van der Waals surface area contributed by atoms with E-state index in [9.17, 15) is 9.59 Å². The van der Waals surface area contributed by atoms with Crippen LogP contribution < -0.4 is 5.32 Å². The fourth-order valence-electron chi connectivity index (χ4n) is 1.47. The summed E-state index contributed by atoms with van der Waals surface area (Å²) in [5.74, 6) is -0.845. The number of carbonyl (C=O) groups is 2. The van der Waals surface area contributed by atoms with Crippen molar-refractivity contribution in [2.75, 3.05) is 6.54 Å². The Bertz CT molecular complexity index is 364. The summed E-state index contributed by atoms with van der Waals surface area (Å²) in [6.45, 7) is 1.32. The summed E-state index contributed by atoms with van der Waals surface area (Å²) in [7, 11) is 0. The largest absolute Gasteiger partial charge is 0.481 e. The van der Waals surface area contributed by atoms with Crippen LogP contribution >= 0.6 is 0 Å². The third-order valence-electron chi connectivity index (χ3n) is 2.40. The monoisotopic (exact) mass is 254 g/mol. The van der Waals surface area contributed by atoms with E-state index in [1.54, 1.807) is 17.1 Å². The minimum atomic E-state index is -0.816. The second-order valence-corrected chi connectivity index (χ2v) is 3.97. The van der Waals surface area contributed by atoms with Gasteiger partial charge in [-0.15, -0.1) is 5.10 Å². The van der Waals surface area contributed by atoms with Crippen LogP contribution in [0.5, 0.6) is 0 Å². The minimum Gasteiger partial charge on any atom is -0.481 e. The number of rotatable bonds is 9. The molecule has 0 bridgehead atoms. The molecule has 0 unspecified atom stereocenters. The van der Waals surface area contributed by atoms with E-state index in [-0.39, 0.29) is 12.3 Å². The topological polar surface area (TPSA) is 97.1 Å². The SMILES string of the molecule is O=C(O)CCCCC(=O)NCCCn1ccnn1. The van der Waals surface area contributed by atoms with Gasteiger partial charge in [0.1, 0.15) is 0 Å². The maximum Gasteiger partial charge on any atom is 0.303 e. The second-order valence-electron chi connectivity index (χ2n) is 3.97. The summed E-state index contributed by atoms with van der Waals surface area (Å²) in [4.78, 5) is 21.6. The highest BCUT2D eigenvalue weighted by atomic mass is 16.4. The van der Waals surface area contributed by atoms with E-state index in [2.05, 4.69) is 15.6 Å². The van der Waals surface area contributed by atoms with Gasteiger partial charge in [0.25, 0.3) is 0 Å². The van der Waals surface area contributed by atoms with Crippen LogP contribution in [0.25, 0.3) is 0 Å². The zero-order valence-corrected chi connectivity index (χ0v) is 10.2. The summed E-state index contributed by atoms with van der Waals surface area (Å²) in [5.41, 5.74) is 0. The molecule has 1 heterocycles. The maximum absolute atomic E-state index is 11.4. The molecule has 0 aliphatic carbocycles. The van der Waals surface area contributed by atoms with Gasteiger partial charge in [0, 0.05) is 32.1 Å². The molecule has 7 heteroatoms. The average molecular weight is 254 g/mol. The van der Waals surface area contributed by atoms with Gasteiger partial charge >= 0.3 is 5.97 Å². The molecule has 1 aromatic rings. The molecule has 0 saturated heterocycles. The number of nitrogens with zero attached hydrogens (tertiary/aromatic N) is 3. The van der Waals surface area contributed by atoms with Gasteiger partial charge in [-0.05, 0) is 19.3 Å². The van der Waals surface area contributed by atoms with E-state index in [0.717, 1.165) is 13.0 Å². The molecular weight excluding hydrogens is 236 g/mol. The molecule has 100 valence electrons. The van der Waals surface area contributed by atoms with Crippen LogP contribution in [0.2, 0.25) is 0 Å². The maximum atomic E-state index is 11.4. The van der Waals surface area contributed by atoms with Crippen LogP contribution in [0.4, 0.5) is 0 Å². The Kier molecular flexibility index (Phi) is 6.45. The Morgan fingerprint density at radius 2 is 2.00 bits per heavy atom. The molecule has 7 nitrogen and oxygen atoms in total. The predicted molar refractivity (Wildman–Crippen MR) is 63.8 cm³/mol. The predicted octanol–water partition coefficient (Wildman–Crippen LogP) is 0.429. The number of carboxylic acid groups (broad SMARTS) is 1. The first-order valence-corrected chi connectivity index (χ1v) is 6.01. The van der Waals surface area contributed by atoms with Crippen molar-refractivity contribution in [3.8, 4) is 0 Å². The van der Waals surface area contributed by atoms with Crippen LogP contribution in [0, 0.1) is 0 Å². The third-order valence-corrected chi connectivity index (χ3v) is 2.40. The number of carbonyl (C=O) groups excluding carboxylic acids is 1. The summed E-state index contributed by atoms with van der Waals surface area (Å²) in [6.07, 6.45) is 5.85. The molecular formula is C11H18N4O3. The van der Waals surface area contributed by atoms with Crippen molar-refractivity contribution in [2.24, 2.45) is 0 Å². The van der Waals surface area contributed by atoms with Crippen molar-refractivity contribution in [2.45, 2.75) is 38.6 Å². The zero-order chi connectivity index (χ0) is 13.2. The molecule has 18 heavy (non-hydrogen) atoms. The van der Waals surface area contributed by atoms with Crippen LogP contribution in [-0.4, -0.2) is 38.5 Å². The normalized spacial score (nSPS) is 10.2. The summed E-state index contributed by atoms with van der Waals surface area (Å²) < 4.78 is 1.71. The molecule has 0 fully saturated rings. The Morgan fingerprint density at radius 1 is 1.22 bits per heavy atom. The highest BCUT2D eigenvalue weighted by molar-refractivity contribution is 5.75.